The summed E-state index contributed by atoms with van der Waals surface area (Å²) in [4.78, 5) is 21.5. The molecule has 0 aromatic heterocycles. The van der Waals surface area contributed by atoms with E-state index in [2.05, 4.69) is 0 Å². The molecular formula is C13H13ClO3S. The van der Waals surface area contributed by atoms with Gasteiger partial charge in [0.15, 0.2) is 5.12 Å². The fourth-order valence-electron chi connectivity index (χ4n) is 1.39. The van der Waals surface area contributed by atoms with E-state index in [-0.39, 0.29) is 11.5 Å². The number of carbonyl (C=O) groups excluding carboxylic acids is 1. The van der Waals surface area contributed by atoms with Crippen LogP contribution in [-0.4, -0.2) is 21.9 Å². The standard InChI is InChI=1S/C13H13ClO3S/c1-9(15)18-6-2-3-10-7-12(14)5-4-11(10)8-13(16)17/h2-5,7H,6,8H2,1H3,(H,16,17). The van der Waals surface area contributed by atoms with Crippen molar-refractivity contribution >= 4 is 40.5 Å². The smallest absolute Gasteiger partial charge is 0.307 e. The molecule has 0 unspecified atom stereocenters. The van der Waals surface area contributed by atoms with E-state index in [1.807, 2.05) is 6.08 Å². The zero-order valence-corrected chi connectivity index (χ0v) is 11.4. The van der Waals surface area contributed by atoms with Crippen molar-refractivity contribution in [1.29, 1.82) is 0 Å². The summed E-state index contributed by atoms with van der Waals surface area (Å²) in [5.74, 6) is -0.320. The third-order valence-electron chi connectivity index (χ3n) is 2.13. The minimum Gasteiger partial charge on any atom is -0.481 e. The maximum atomic E-state index is 10.8. The van der Waals surface area contributed by atoms with Crippen LogP contribution in [0.15, 0.2) is 24.3 Å². The number of hydrogen-bond acceptors (Lipinski definition) is 3. The number of hydrogen-bond donors (Lipinski definition) is 1. The lowest BCUT2D eigenvalue weighted by molar-refractivity contribution is -0.136. The van der Waals surface area contributed by atoms with E-state index in [0.717, 1.165) is 5.56 Å². The molecule has 0 saturated carbocycles. The first-order valence-corrected chi connectivity index (χ1v) is 6.65. The van der Waals surface area contributed by atoms with Gasteiger partial charge in [0.1, 0.15) is 0 Å². The topological polar surface area (TPSA) is 54.4 Å². The Hall–Kier alpha value is -1.26. The molecule has 0 aliphatic rings. The van der Waals surface area contributed by atoms with Gasteiger partial charge in [-0.15, -0.1) is 0 Å². The Balaban J connectivity index is 2.81. The highest BCUT2D eigenvalue weighted by molar-refractivity contribution is 8.13. The lowest BCUT2D eigenvalue weighted by Crippen LogP contribution is -2.01. The van der Waals surface area contributed by atoms with Crippen molar-refractivity contribution in [2.45, 2.75) is 13.3 Å². The van der Waals surface area contributed by atoms with Crippen molar-refractivity contribution in [3.8, 4) is 0 Å². The van der Waals surface area contributed by atoms with E-state index in [1.54, 1.807) is 24.3 Å². The molecule has 0 amide bonds. The van der Waals surface area contributed by atoms with Gasteiger partial charge in [0.25, 0.3) is 0 Å². The Kier molecular flexibility index (Phi) is 5.95. The second-order valence-corrected chi connectivity index (χ2v) is 5.25. The predicted octanol–water partition coefficient (Wildman–Crippen LogP) is 3.26. The third kappa shape index (κ3) is 5.38. The molecule has 96 valence electrons. The van der Waals surface area contributed by atoms with Crippen LogP contribution in [0.5, 0.6) is 0 Å². The maximum Gasteiger partial charge on any atom is 0.307 e. The molecule has 0 aliphatic heterocycles. The number of halogens is 1. The summed E-state index contributed by atoms with van der Waals surface area (Å²) < 4.78 is 0. The van der Waals surface area contributed by atoms with E-state index in [4.69, 9.17) is 16.7 Å². The second kappa shape index (κ2) is 7.24. The summed E-state index contributed by atoms with van der Waals surface area (Å²) in [6, 6.07) is 5.09. The Bertz CT molecular complexity index is 483. The molecule has 1 aromatic carbocycles. The molecule has 0 heterocycles. The Morgan fingerprint density at radius 3 is 2.78 bits per heavy atom. The number of carboxylic acids is 1. The third-order valence-corrected chi connectivity index (χ3v) is 3.13. The SMILES string of the molecule is CC(=O)SCC=Cc1cc(Cl)ccc1CC(=O)O. The molecule has 0 atom stereocenters. The lowest BCUT2D eigenvalue weighted by atomic mass is 10.0. The molecule has 1 aromatic rings. The zero-order valence-electron chi connectivity index (χ0n) is 9.85. The van der Waals surface area contributed by atoms with Gasteiger partial charge in [-0.1, -0.05) is 41.6 Å². The van der Waals surface area contributed by atoms with Gasteiger partial charge in [-0.25, -0.2) is 0 Å². The van der Waals surface area contributed by atoms with Gasteiger partial charge in [0, 0.05) is 17.7 Å². The number of benzene rings is 1. The summed E-state index contributed by atoms with van der Waals surface area (Å²) in [6.07, 6.45) is 3.57. The van der Waals surface area contributed by atoms with E-state index in [1.165, 1.54) is 18.7 Å². The van der Waals surface area contributed by atoms with E-state index in [9.17, 15) is 9.59 Å². The van der Waals surface area contributed by atoms with Gasteiger partial charge in [0.2, 0.25) is 0 Å². The fourth-order valence-corrected chi connectivity index (χ4v) is 1.99. The molecule has 0 bridgehead atoms. The average molecular weight is 285 g/mol. The highest BCUT2D eigenvalue weighted by atomic mass is 35.5. The molecule has 5 heteroatoms. The molecule has 0 radical (unpaired) electrons. The fraction of sp³-hybridized carbons (Fsp3) is 0.231. The van der Waals surface area contributed by atoms with Crippen LogP contribution in [0, 0.1) is 0 Å². The Morgan fingerprint density at radius 2 is 2.17 bits per heavy atom. The number of aliphatic carboxylic acids is 1. The highest BCUT2D eigenvalue weighted by Gasteiger charge is 2.05. The molecule has 0 fully saturated rings. The number of carbonyl (C=O) groups is 2. The molecule has 0 saturated heterocycles. The van der Waals surface area contributed by atoms with Gasteiger partial charge >= 0.3 is 5.97 Å². The number of carboxylic acid groups (broad SMARTS) is 1. The highest BCUT2D eigenvalue weighted by Crippen LogP contribution is 2.18. The normalized spacial score (nSPS) is 10.8. The van der Waals surface area contributed by atoms with Gasteiger partial charge in [0.05, 0.1) is 6.42 Å². The monoisotopic (exact) mass is 284 g/mol. The van der Waals surface area contributed by atoms with E-state index < -0.39 is 5.97 Å². The number of rotatable bonds is 5. The van der Waals surface area contributed by atoms with Crippen molar-refractivity contribution in [3.63, 3.8) is 0 Å². The van der Waals surface area contributed by atoms with Crippen molar-refractivity contribution in [2.24, 2.45) is 0 Å². The Morgan fingerprint density at radius 1 is 1.44 bits per heavy atom. The zero-order chi connectivity index (χ0) is 13.5. The summed E-state index contributed by atoms with van der Waals surface area (Å²) in [5, 5.41) is 9.41. The molecule has 1 rings (SSSR count). The van der Waals surface area contributed by atoms with E-state index in [0.29, 0.717) is 16.3 Å². The molecule has 18 heavy (non-hydrogen) atoms. The molecule has 0 aliphatic carbocycles. The van der Waals surface area contributed by atoms with Crippen molar-refractivity contribution in [3.05, 3.63) is 40.4 Å². The predicted molar refractivity (Wildman–Crippen MR) is 75.0 cm³/mol. The minimum absolute atomic E-state index is 0.0449. The molecule has 3 nitrogen and oxygen atoms in total. The van der Waals surface area contributed by atoms with Gasteiger partial charge in [-0.2, -0.15) is 0 Å². The van der Waals surface area contributed by atoms with Crippen LogP contribution in [0.25, 0.3) is 6.08 Å². The van der Waals surface area contributed by atoms with Crippen LogP contribution in [0.2, 0.25) is 5.02 Å². The second-order valence-electron chi connectivity index (χ2n) is 3.62. The quantitative estimate of drug-likeness (QED) is 0.902. The molecular weight excluding hydrogens is 272 g/mol. The van der Waals surface area contributed by atoms with Crippen LogP contribution in [0.4, 0.5) is 0 Å². The number of thioether (sulfide) groups is 1. The van der Waals surface area contributed by atoms with Crippen molar-refractivity contribution in [1.82, 2.24) is 0 Å². The molecule has 1 N–H and O–H groups in total. The van der Waals surface area contributed by atoms with Crippen LogP contribution in [0.1, 0.15) is 18.1 Å². The first-order chi connectivity index (χ1) is 8.49. The lowest BCUT2D eigenvalue weighted by Gasteiger charge is -2.04. The summed E-state index contributed by atoms with van der Waals surface area (Å²) in [7, 11) is 0. The Labute approximate surface area is 115 Å². The first-order valence-electron chi connectivity index (χ1n) is 5.29. The first kappa shape index (κ1) is 14.8. The van der Waals surface area contributed by atoms with Crippen LogP contribution >= 0.6 is 23.4 Å². The van der Waals surface area contributed by atoms with Gasteiger partial charge < -0.3 is 5.11 Å². The van der Waals surface area contributed by atoms with E-state index >= 15 is 0 Å². The summed E-state index contributed by atoms with van der Waals surface area (Å²) in [5.41, 5.74) is 1.48. The van der Waals surface area contributed by atoms with Crippen molar-refractivity contribution < 1.29 is 14.7 Å². The van der Waals surface area contributed by atoms with Crippen LogP contribution < -0.4 is 0 Å². The molecule has 0 spiro atoms. The van der Waals surface area contributed by atoms with Gasteiger partial charge in [-0.05, 0) is 23.3 Å². The van der Waals surface area contributed by atoms with Crippen molar-refractivity contribution in [2.75, 3.05) is 5.75 Å². The maximum absolute atomic E-state index is 10.8. The van der Waals surface area contributed by atoms with Gasteiger partial charge in [-0.3, -0.25) is 9.59 Å². The minimum atomic E-state index is -0.884. The van der Waals surface area contributed by atoms with Crippen LogP contribution in [-0.2, 0) is 16.0 Å². The largest absolute Gasteiger partial charge is 0.481 e. The average Bonchev–Trinajstić information content (AvgIpc) is 2.27. The summed E-state index contributed by atoms with van der Waals surface area (Å²) >= 11 is 7.08. The summed E-state index contributed by atoms with van der Waals surface area (Å²) in [6.45, 7) is 1.51. The van der Waals surface area contributed by atoms with Crippen LogP contribution in [0.3, 0.4) is 0 Å².